The average Bonchev–Trinajstić information content (AvgIpc) is 2.65. The highest BCUT2D eigenvalue weighted by atomic mass is 32.1. The van der Waals surface area contributed by atoms with Crippen molar-refractivity contribution in [3.8, 4) is 0 Å². The van der Waals surface area contributed by atoms with Gasteiger partial charge in [0.25, 0.3) is 5.91 Å². The number of nitrogen functional groups attached to an aromatic ring is 1. The lowest BCUT2D eigenvalue weighted by Crippen LogP contribution is -2.12. The minimum Gasteiger partial charge on any atom is -0.389 e. The van der Waals surface area contributed by atoms with Gasteiger partial charge >= 0.3 is 0 Å². The Balaban J connectivity index is 2.11. The summed E-state index contributed by atoms with van der Waals surface area (Å²) in [6, 6.07) is 5.13. The molecule has 0 fully saturated rings. The maximum atomic E-state index is 11.6. The summed E-state index contributed by atoms with van der Waals surface area (Å²) in [6.45, 7) is 0. The first-order valence-electron chi connectivity index (χ1n) is 4.19. The molecule has 3 N–H and O–H groups in total. The van der Waals surface area contributed by atoms with Gasteiger partial charge in [0.05, 0.1) is 6.20 Å². The van der Waals surface area contributed by atoms with Crippen LogP contribution < -0.4 is 11.1 Å². The second-order valence-corrected chi connectivity index (χ2v) is 3.80. The van der Waals surface area contributed by atoms with Gasteiger partial charge in [0, 0.05) is 6.20 Å². The van der Waals surface area contributed by atoms with Gasteiger partial charge in [0.15, 0.2) is 5.13 Å². The third kappa shape index (κ3) is 2.29. The summed E-state index contributed by atoms with van der Waals surface area (Å²) < 4.78 is 0. The standard InChI is InChI=1S/C9H8N4OS/c10-7-5-12-9(15-7)13-8(14)6-3-1-2-4-11-6/h1-5H,10H2,(H,12,13,14). The lowest BCUT2D eigenvalue weighted by atomic mass is 10.3. The van der Waals surface area contributed by atoms with Crippen molar-refractivity contribution in [2.24, 2.45) is 0 Å². The number of pyridine rings is 1. The van der Waals surface area contributed by atoms with E-state index in [1.807, 2.05) is 0 Å². The first-order chi connectivity index (χ1) is 7.25. The molecule has 0 aliphatic carbocycles. The van der Waals surface area contributed by atoms with E-state index in [9.17, 15) is 4.79 Å². The molecule has 2 rings (SSSR count). The molecule has 76 valence electrons. The second kappa shape index (κ2) is 4.05. The Hall–Kier alpha value is -1.95. The van der Waals surface area contributed by atoms with E-state index in [-0.39, 0.29) is 5.91 Å². The third-order valence-corrected chi connectivity index (χ3v) is 2.38. The third-order valence-electron chi connectivity index (χ3n) is 1.64. The van der Waals surface area contributed by atoms with E-state index >= 15 is 0 Å². The number of nitrogens with zero attached hydrogens (tertiary/aromatic N) is 2. The van der Waals surface area contributed by atoms with Crippen molar-refractivity contribution in [1.82, 2.24) is 9.97 Å². The van der Waals surface area contributed by atoms with Crippen LogP contribution in [0.15, 0.2) is 30.6 Å². The van der Waals surface area contributed by atoms with Crippen molar-refractivity contribution < 1.29 is 4.79 Å². The number of hydrogen-bond donors (Lipinski definition) is 2. The minimum atomic E-state index is -0.287. The molecule has 2 aromatic rings. The Morgan fingerprint density at radius 2 is 2.27 bits per heavy atom. The summed E-state index contributed by atoms with van der Waals surface area (Å²) >= 11 is 1.22. The van der Waals surface area contributed by atoms with Gasteiger partial charge in [-0.05, 0) is 12.1 Å². The molecule has 0 unspecified atom stereocenters. The van der Waals surface area contributed by atoms with Crippen molar-refractivity contribution in [1.29, 1.82) is 0 Å². The fourth-order valence-corrected chi connectivity index (χ4v) is 1.58. The first-order valence-corrected chi connectivity index (χ1v) is 5.01. The summed E-state index contributed by atoms with van der Waals surface area (Å²) in [7, 11) is 0. The van der Waals surface area contributed by atoms with Crippen LogP contribution in [0, 0.1) is 0 Å². The highest BCUT2D eigenvalue weighted by molar-refractivity contribution is 7.19. The Morgan fingerprint density at radius 1 is 1.40 bits per heavy atom. The molecule has 0 aromatic carbocycles. The second-order valence-electron chi connectivity index (χ2n) is 2.74. The van der Waals surface area contributed by atoms with Crippen molar-refractivity contribution in [2.45, 2.75) is 0 Å². The van der Waals surface area contributed by atoms with Crippen molar-refractivity contribution in [3.05, 3.63) is 36.3 Å². The monoisotopic (exact) mass is 220 g/mol. The van der Waals surface area contributed by atoms with E-state index < -0.39 is 0 Å². The number of nitrogens with two attached hydrogens (primary N) is 1. The molecule has 0 bridgehead atoms. The Labute approximate surface area is 90.0 Å². The van der Waals surface area contributed by atoms with Gasteiger partial charge in [-0.15, -0.1) is 0 Å². The largest absolute Gasteiger partial charge is 0.389 e. The highest BCUT2D eigenvalue weighted by Crippen LogP contribution is 2.19. The van der Waals surface area contributed by atoms with Crippen molar-refractivity contribution in [2.75, 3.05) is 11.1 Å². The Kier molecular flexibility index (Phi) is 2.59. The maximum absolute atomic E-state index is 11.6. The first kappa shape index (κ1) is 9.60. The topological polar surface area (TPSA) is 80.9 Å². The molecule has 0 aliphatic rings. The summed E-state index contributed by atoms with van der Waals surface area (Å²) in [6.07, 6.45) is 3.06. The lowest BCUT2D eigenvalue weighted by Gasteiger charge is -1.99. The Morgan fingerprint density at radius 3 is 2.87 bits per heavy atom. The number of rotatable bonds is 2. The van der Waals surface area contributed by atoms with E-state index in [4.69, 9.17) is 5.73 Å². The normalized spacial score (nSPS) is 9.87. The van der Waals surface area contributed by atoms with Crippen LogP contribution in [0.25, 0.3) is 0 Å². The molecular formula is C9H8N4OS. The smallest absolute Gasteiger partial charge is 0.276 e. The van der Waals surface area contributed by atoms with Crippen LogP contribution >= 0.6 is 11.3 Å². The molecule has 2 heterocycles. The fourth-order valence-electron chi connectivity index (χ4n) is 1.00. The van der Waals surface area contributed by atoms with Crippen molar-refractivity contribution >= 4 is 27.4 Å². The van der Waals surface area contributed by atoms with E-state index in [0.29, 0.717) is 15.8 Å². The molecule has 1 amide bonds. The van der Waals surface area contributed by atoms with Crippen molar-refractivity contribution in [3.63, 3.8) is 0 Å². The number of carbonyl (C=O) groups is 1. The molecule has 5 nitrogen and oxygen atoms in total. The molecule has 0 saturated heterocycles. The molecule has 0 radical (unpaired) electrons. The van der Waals surface area contributed by atoms with E-state index in [1.54, 1.807) is 24.4 Å². The van der Waals surface area contributed by atoms with Gasteiger partial charge in [-0.25, -0.2) is 4.98 Å². The molecule has 0 atom stereocenters. The predicted octanol–water partition coefficient (Wildman–Crippen LogP) is 1.37. The number of nitrogens with one attached hydrogen (secondary N) is 1. The molecule has 0 aliphatic heterocycles. The number of carbonyl (C=O) groups excluding carboxylic acids is 1. The molecule has 0 saturated carbocycles. The van der Waals surface area contributed by atoms with Crippen LogP contribution in [0.1, 0.15) is 10.5 Å². The fraction of sp³-hybridized carbons (Fsp3) is 0. The van der Waals surface area contributed by atoms with Gasteiger partial charge in [-0.2, -0.15) is 0 Å². The SMILES string of the molecule is Nc1cnc(NC(=O)c2ccccn2)s1. The summed E-state index contributed by atoms with van der Waals surface area (Å²) in [4.78, 5) is 19.4. The lowest BCUT2D eigenvalue weighted by molar-refractivity contribution is 0.102. The zero-order valence-corrected chi connectivity index (χ0v) is 8.49. The van der Waals surface area contributed by atoms with E-state index in [0.717, 1.165) is 0 Å². The zero-order valence-electron chi connectivity index (χ0n) is 7.68. The molecule has 0 spiro atoms. The predicted molar refractivity (Wildman–Crippen MR) is 58.7 cm³/mol. The molecule has 2 aromatic heterocycles. The summed E-state index contributed by atoms with van der Waals surface area (Å²) in [5, 5.41) is 3.64. The number of aromatic nitrogens is 2. The summed E-state index contributed by atoms with van der Waals surface area (Å²) in [5.74, 6) is -0.287. The van der Waals surface area contributed by atoms with E-state index in [2.05, 4.69) is 15.3 Å². The average molecular weight is 220 g/mol. The summed E-state index contributed by atoms with van der Waals surface area (Å²) in [5.41, 5.74) is 5.84. The van der Waals surface area contributed by atoms with Gasteiger partial charge in [0.1, 0.15) is 10.7 Å². The van der Waals surface area contributed by atoms with Crippen LogP contribution in [0.5, 0.6) is 0 Å². The van der Waals surface area contributed by atoms with Gasteiger partial charge in [0.2, 0.25) is 0 Å². The number of hydrogen-bond acceptors (Lipinski definition) is 5. The van der Waals surface area contributed by atoms with Gasteiger partial charge < -0.3 is 5.73 Å². The van der Waals surface area contributed by atoms with E-state index in [1.165, 1.54) is 17.5 Å². The zero-order chi connectivity index (χ0) is 10.7. The van der Waals surface area contributed by atoms with Crippen LogP contribution in [0.4, 0.5) is 10.1 Å². The number of amides is 1. The molecular weight excluding hydrogens is 212 g/mol. The quantitative estimate of drug-likeness (QED) is 0.801. The maximum Gasteiger partial charge on any atom is 0.276 e. The minimum absolute atomic E-state index is 0.287. The molecule has 15 heavy (non-hydrogen) atoms. The van der Waals surface area contributed by atoms with Crippen LogP contribution in [-0.4, -0.2) is 15.9 Å². The number of thiazole rings is 1. The highest BCUT2D eigenvalue weighted by Gasteiger charge is 2.08. The van der Waals surface area contributed by atoms with Crippen LogP contribution in [0.2, 0.25) is 0 Å². The number of anilines is 2. The van der Waals surface area contributed by atoms with Gasteiger partial charge in [-0.3, -0.25) is 15.1 Å². The van der Waals surface area contributed by atoms with Crippen LogP contribution in [0.3, 0.4) is 0 Å². The molecule has 6 heteroatoms. The Bertz CT molecular complexity index is 468. The van der Waals surface area contributed by atoms with Crippen LogP contribution in [-0.2, 0) is 0 Å². The van der Waals surface area contributed by atoms with Gasteiger partial charge in [-0.1, -0.05) is 17.4 Å².